The second-order valence-corrected chi connectivity index (χ2v) is 6.80. The van der Waals surface area contributed by atoms with Gasteiger partial charge in [0.15, 0.2) is 6.61 Å². The van der Waals surface area contributed by atoms with E-state index in [-0.39, 0.29) is 24.5 Å². The first-order chi connectivity index (χ1) is 12.4. The molecule has 5 nitrogen and oxygen atoms in total. The number of amides is 2. The van der Waals surface area contributed by atoms with E-state index >= 15 is 0 Å². The highest BCUT2D eigenvalue weighted by molar-refractivity contribution is 5.97. The van der Waals surface area contributed by atoms with Crippen LogP contribution in [0, 0.1) is 20.8 Å². The Kier molecular flexibility index (Phi) is 5.26. The second-order valence-electron chi connectivity index (χ2n) is 6.80. The van der Waals surface area contributed by atoms with Crippen LogP contribution in [0.2, 0.25) is 0 Å². The summed E-state index contributed by atoms with van der Waals surface area (Å²) >= 11 is 0. The van der Waals surface area contributed by atoms with E-state index in [9.17, 15) is 9.59 Å². The number of para-hydroxylation sites is 1. The molecule has 2 aromatic carbocycles. The molecule has 2 aromatic rings. The molecule has 3 rings (SSSR count). The van der Waals surface area contributed by atoms with Gasteiger partial charge in [0.05, 0.1) is 6.04 Å². The van der Waals surface area contributed by atoms with Gasteiger partial charge in [-0.1, -0.05) is 24.3 Å². The minimum absolute atomic E-state index is 0.0263. The van der Waals surface area contributed by atoms with Crippen LogP contribution in [-0.2, 0) is 9.59 Å². The zero-order valence-electron chi connectivity index (χ0n) is 15.4. The molecule has 0 bridgehead atoms. The van der Waals surface area contributed by atoms with E-state index in [1.165, 1.54) is 5.56 Å². The molecule has 2 amide bonds. The van der Waals surface area contributed by atoms with Crippen molar-refractivity contribution in [3.05, 3.63) is 59.2 Å². The number of carbonyl (C=O) groups is 2. The zero-order valence-corrected chi connectivity index (χ0v) is 15.4. The Labute approximate surface area is 154 Å². The van der Waals surface area contributed by atoms with Gasteiger partial charge < -0.3 is 15.0 Å². The zero-order chi connectivity index (χ0) is 18.7. The molecule has 0 aromatic heterocycles. The molecule has 1 aliphatic rings. The predicted octanol–water partition coefficient (Wildman–Crippen LogP) is 2.91. The Bertz CT molecular complexity index is 832. The van der Waals surface area contributed by atoms with Crippen molar-refractivity contribution in [2.24, 2.45) is 0 Å². The monoisotopic (exact) mass is 352 g/mol. The third-order valence-corrected chi connectivity index (χ3v) is 4.74. The summed E-state index contributed by atoms with van der Waals surface area (Å²) in [6.45, 7) is 6.44. The van der Waals surface area contributed by atoms with Gasteiger partial charge in [-0.15, -0.1) is 0 Å². The number of aryl methyl sites for hydroxylation is 3. The summed E-state index contributed by atoms with van der Waals surface area (Å²) in [7, 11) is 0. The van der Waals surface area contributed by atoms with Crippen LogP contribution in [0.5, 0.6) is 5.75 Å². The molecule has 1 fully saturated rings. The van der Waals surface area contributed by atoms with Crippen molar-refractivity contribution < 1.29 is 14.3 Å². The maximum absolute atomic E-state index is 12.3. The smallest absolute Gasteiger partial charge is 0.258 e. The van der Waals surface area contributed by atoms with Crippen molar-refractivity contribution in [2.45, 2.75) is 33.2 Å². The number of hydrogen-bond acceptors (Lipinski definition) is 3. The van der Waals surface area contributed by atoms with Crippen LogP contribution in [0.1, 0.15) is 23.1 Å². The van der Waals surface area contributed by atoms with E-state index in [4.69, 9.17) is 4.74 Å². The van der Waals surface area contributed by atoms with E-state index in [0.29, 0.717) is 18.7 Å². The lowest BCUT2D eigenvalue weighted by Gasteiger charge is -2.18. The van der Waals surface area contributed by atoms with Gasteiger partial charge in [-0.2, -0.15) is 0 Å². The lowest BCUT2D eigenvalue weighted by atomic mass is 10.1. The van der Waals surface area contributed by atoms with Crippen LogP contribution >= 0.6 is 0 Å². The summed E-state index contributed by atoms with van der Waals surface area (Å²) in [6, 6.07) is 13.3. The number of carbonyl (C=O) groups excluding carboxylic acids is 2. The van der Waals surface area contributed by atoms with Gasteiger partial charge in [0.25, 0.3) is 5.91 Å². The molecular formula is C21H24N2O3. The van der Waals surface area contributed by atoms with E-state index in [1.54, 1.807) is 4.90 Å². The van der Waals surface area contributed by atoms with Crippen LogP contribution in [0.25, 0.3) is 0 Å². The topological polar surface area (TPSA) is 58.6 Å². The van der Waals surface area contributed by atoms with Gasteiger partial charge in [0.1, 0.15) is 5.75 Å². The molecule has 5 heteroatoms. The number of nitrogens with one attached hydrogen (secondary N) is 1. The molecule has 1 atom stereocenters. The summed E-state index contributed by atoms with van der Waals surface area (Å²) in [5.41, 5.74) is 4.20. The van der Waals surface area contributed by atoms with Crippen molar-refractivity contribution in [1.29, 1.82) is 0 Å². The Morgan fingerprint density at radius 2 is 1.88 bits per heavy atom. The number of nitrogens with zero attached hydrogens (tertiary/aromatic N) is 1. The minimum Gasteiger partial charge on any atom is -0.484 e. The quantitative estimate of drug-likeness (QED) is 0.900. The average molecular weight is 352 g/mol. The molecule has 1 N–H and O–H groups in total. The lowest BCUT2D eigenvalue weighted by molar-refractivity contribution is -0.123. The number of benzene rings is 2. The highest BCUT2D eigenvalue weighted by atomic mass is 16.5. The van der Waals surface area contributed by atoms with Crippen molar-refractivity contribution >= 4 is 17.5 Å². The molecule has 26 heavy (non-hydrogen) atoms. The summed E-state index contributed by atoms with van der Waals surface area (Å²) in [6.07, 6.45) is 0.309. The predicted molar refractivity (Wildman–Crippen MR) is 101 cm³/mol. The van der Waals surface area contributed by atoms with Gasteiger partial charge in [-0.25, -0.2) is 0 Å². The molecule has 0 spiro atoms. The van der Waals surface area contributed by atoms with Gasteiger partial charge in [0, 0.05) is 18.7 Å². The van der Waals surface area contributed by atoms with E-state index in [0.717, 1.165) is 16.8 Å². The Morgan fingerprint density at radius 1 is 1.12 bits per heavy atom. The summed E-state index contributed by atoms with van der Waals surface area (Å²) in [4.78, 5) is 26.2. The van der Waals surface area contributed by atoms with Gasteiger partial charge in [0.2, 0.25) is 5.91 Å². The molecule has 0 radical (unpaired) electrons. The van der Waals surface area contributed by atoms with E-state index in [1.807, 2.05) is 63.2 Å². The molecule has 1 aliphatic heterocycles. The first-order valence-electron chi connectivity index (χ1n) is 8.79. The fraction of sp³-hybridized carbons (Fsp3) is 0.333. The van der Waals surface area contributed by atoms with Crippen molar-refractivity contribution in [2.75, 3.05) is 18.1 Å². The van der Waals surface area contributed by atoms with Gasteiger partial charge >= 0.3 is 0 Å². The van der Waals surface area contributed by atoms with E-state index in [2.05, 4.69) is 5.32 Å². The molecule has 136 valence electrons. The SMILES string of the molecule is Cc1ccc(N2C[C@H](NC(=O)COc3ccccc3C)CC2=O)cc1C. The highest BCUT2D eigenvalue weighted by Gasteiger charge is 2.31. The molecule has 1 heterocycles. The maximum atomic E-state index is 12.3. The fourth-order valence-corrected chi connectivity index (χ4v) is 3.08. The molecule has 0 saturated carbocycles. The largest absolute Gasteiger partial charge is 0.484 e. The Balaban J connectivity index is 1.56. The fourth-order valence-electron chi connectivity index (χ4n) is 3.08. The van der Waals surface area contributed by atoms with Crippen LogP contribution in [-0.4, -0.2) is 31.0 Å². The highest BCUT2D eigenvalue weighted by Crippen LogP contribution is 2.24. The van der Waals surface area contributed by atoms with Crippen molar-refractivity contribution in [1.82, 2.24) is 5.32 Å². The first kappa shape index (κ1) is 18.0. The molecule has 0 aliphatic carbocycles. The standard InChI is InChI=1S/C21H24N2O3/c1-14-8-9-18(10-16(14)3)23-12-17(11-21(23)25)22-20(24)13-26-19-7-5-4-6-15(19)2/h4-10,17H,11-13H2,1-3H3,(H,22,24)/t17-/m1/s1. The summed E-state index contributed by atoms with van der Waals surface area (Å²) in [5, 5.41) is 2.90. The minimum atomic E-state index is -0.215. The summed E-state index contributed by atoms with van der Waals surface area (Å²) < 4.78 is 5.57. The van der Waals surface area contributed by atoms with Gasteiger partial charge in [-0.3, -0.25) is 9.59 Å². The average Bonchev–Trinajstić information content (AvgIpc) is 2.97. The lowest BCUT2D eigenvalue weighted by Crippen LogP contribution is -2.39. The number of rotatable bonds is 5. The maximum Gasteiger partial charge on any atom is 0.258 e. The molecule has 0 unspecified atom stereocenters. The van der Waals surface area contributed by atoms with Crippen LogP contribution in [0.3, 0.4) is 0 Å². The Hall–Kier alpha value is -2.82. The Morgan fingerprint density at radius 3 is 2.62 bits per heavy atom. The third-order valence-electron chi connectivity index (χ3n) is 4.74. The van der Waals surface area contributed by atoms with Crippen LogP contribution in [0.4, 0.5) is 5.69 Å². The summed E-state index contributed by atoms with van der Waals surface area (Å²) in [5.74, 6) is 0.508. The van der Waals surface area contributed by atoms with Crippen LogP contribution in [0.15, 0.2) is 42.5 Å². The van der Waals surface area contributed by atoms with Crippen LogP contribution < -0.4 is 15.0 Å². The third kappa shape index (κ3) is 4.04. The molecular weight excluding hydrogens is 328 g/mol. The number of hydrogen-bond donors (Lipinski definition) is 1. The number of ether oxygens (including phenoxy) is 1. The molecule has 1 saturated heterocycles. The van der Waals surface area contributed by atoms with Gasteiger partial charge in [-0.05, 0) is 55.7 Å². The van der Waals surface area contributed by atoms with Crippen molar-refractivity contribution in [3.8, 4) is 5.75 Å². The number of anilines is 1. The van der Waals surface area contributed by atoms with Crippen molar-refractivity contribution in [3.63, 3.8) is 0 Å². The second kappa shape index (κ2) is 7.60. The first-order valence-corrected chi connectivity index (χ1v) is 8.79. The normalized spacial score (nSPS) is 16.7. The van der Waals surface area contributed by atoms with E-state index < -0.39 is 0 Å².